The molecule has 10 heteroatoms. The van der Waals surface area contributed by atoms with Crippen molar-refractivity contribution in [2.24, 2.45) is 0 Å². The Balaban J connectivity index is 1.33. The summed E-state index contributed by atoms with van der Waals surface area (Å²) in [6.45, 7) is 2.89. The van der Waals surface area contributed by atoms with Gasteiger partial charge in [-0.25, -0.2) is 4.98 Å². The van der Waals surface area contributed by atoms with E-state index in [1.165, 1.54) is 18.5 Å². The van der Waals surface area contributed by atoms with Crippen LogP contribution in [0.1, 0.15) is 25.7 Å². The van der Waals surface area contributed by atoms with Gasteiger partial charge in [-0.1, -0.05) is 11.6 Å². The molecule has 2 aliphatic heterocycles. The number of piperidine rings is 2. The van der Waals surface area contributed by atoms with E-state index in [0.29, 0.717) is 35.9 Å². The number of amides is 1. The second-order valence-electron chi connectivity index (χ2n) is 9.20. The summed E-state index contributed by atoms with van der Waals surface area (Å²) >= 11 is 6.34. The molecule has 1 amide bonds. The number of hydrogen-bond acceptors (Lipinski definition) is 8. The lowest BCUT2D eigenvalue weighted by molar-refractivity contribution is -0.135. The molecule has 9 nitrogen and oxygen atoms in total. The minimum absolute atomic E-state index is 0.152. The van der Waals surface area contributed by atoms with Crippen LogP contribution in [0.25, 0.3) is 0 Å². The third-order valence-electron chi connectivity index (χ3n) is 6.75. The van der Waals surface area contributed by atoms with Crippen LogP contribution in [0, 0.1) is 0 Å². The average Bonchev–Trinajstić information content (AvgIpc) is 2.86. The number of aliphatic hydroxyl groups excluding tert-OH is 1. The van der Waals surface area contributed by atoms with Gasteiger partial charge >= 0.3 is 0 Å². The molecule has 0 unspecified atom stereocenters. The van der Waals surface area contributed by atoms with Crippen molar-refractivity contribution in [1.82, 2.24) is 19.8 Å². The van der Waals surface area contributed by atoms with Gasteiger partial charge in [-0.2, -0.15) is 4.98 Å². The molecule has 3 heterocycles. The maximum atomic E-state index is 11.7. The monoisotopic (exact) mass is 487 g/mol. The molecule has 184 valence electrons. The van der Waals surface area contributed by atoms with Gasteiger partial charge in [0.25, 0.3) is 0 Å². The van der Waals surface area contributed by atoms with Crippen molar-refractivity contribution < 1.29 is 9.90 Å². The van der Waals surface area contributed by atoms with Gasteiger partial charge in [0.05, 0.1) is 6.20 Å². The van der Waals surface area contributed by atoms with Crippen LogP contribution in [0.15, 0.2) is 30.5 Å². The first-order chi connectivity index (χ1) is 16.4. The lowest BCUT2D eigenvalue weighted by Crippen LogP contribution is -2.43. The Morgan fingerprint density at radius 3 is 2.41 bits per heavy atom. The number of aromatic nitrogens is 2. The van der Waals surface area contributed by atoms with Crippen molar-refractivity contribution in [3.8, 4) is 0 Å². The first-order valence-electron chi connectivity index (χ1n) is 11.9. The second kappa shape index (κ2) is 11.2. The summed E-state index contributed by atoms with van der Waals surface area (Å²) in [7, 11) is 4.31. The molecule has 0 saturated carbocycles. The maximum absolute atomic E-state index is 11.7. The number of likely N-dealkylation sites (tertiary alicyclic amines) is 1. The van der Waals surface area contributed by atoms with Gasteiger partial charge in [0.2, 0.25) is 11.9 Å². The Kier molecular flexibility index (Phi) is 8.07. The third kappa shape index (κ3) is 6.08. The van der Waals surface area contributed by atoms with Crippen LogP contribution in [-0.2, 0) is 4.79 Å². The van der Waals surface area contributed by atoms with E-state index in [2.05, 4.69) is 56.6 Å². The fraction of sp³-hybridized carbons (Fsp3) is 0.542. The van der Waals surface area contributed by atoms with E-state index in [0.717, 1.165) is 31.6 Å². The Labute approximate surface area is 206 Å². The number of rotatable bonds is 7. The molecule has 2 aromatic rings. The number of nitrogens with one attached hydrogen (secondary N) is 2. The Morgan fingerprint density at radius 2 is 1.79 bits per heavy atom. The van der Waals surface area contributed by atoms with Gasteiger partial charge in [0, 0.05) is 49.6 Å². The van der Waals surface area contributed by atoms with E-state index in [-0.39, 0.29) is 11.9 Å². The Hall–Kier alpha value is -2.62. The molecule has 0 aliphatic carbocycles. The topological polar surface area (TPSA) is 96.9 Å². The quantitative estimate of drug-likeness (QED) is 0.548. The molecule has 1 aromatic carbocycles. The smallest absolute Gasteiger partial charge is 0.248 e. The second-order valence-corrected chi connectivity index (χ2v) is 9.61. The lowest BCUT2D eigenvalue weighted by Gasteiger charge is -2.36. The molecule has 1 aromatic heterocycles. The van der Waals surface area contributed by atoms with E-state index >= 15 is 0 Å². The summed E-state index contributed by atoms with van der Waals surface area (Å²) in [6, 6.07) is 9.18. The molecule has 0 spiro atoms. The Morgan fingerprint density at radius 1 is 1.12 bits per heavy atom. The number of carbonyl (C=O) groups excluding carboxylic acids is 1. The highest BCUT2D eigenvalue weighted by Crippen LogP contribution is 2.26. The van der Waals surface area contributed by atoms with Crippen molar-refractivity contribution in [1.29, 1.82) is 0 Å². The molecular formula is C24H34ClN7O2. The number of anilines is 4. The fourth-order valence-corrected chi connectivity index (χ4v) is 4.77. The predicted molar refractivity (Wildman–Crippen MR) is 136 cm³/mol. The summed E-state index contributed by atoms with van der Waals surface area (Å²) in [5.74, 6) is 0.819. The Bertz CT molecular complexity index is 956. The molecule has 3 N–H and O–H groups in total. The zero-order chi connectivity index (χ0) is 24.1. The average molecular weight is 488 g/mol. The minimum atomic E-state index is -0.444. The highest BCUT2D eigenvalue weighted by Gasteiger charge is 2.23. The molecule has 0 atom stereocenters. The minimum Gasteiger partial charge on any atom is -0.387 e. The van der Waals surface area contributed by atoms with E-state index in [1.807, 2.05) is 12.1 Å². The van der Waals surface area contributed by atoms with Gasteiger partial charge in [-0.3, -0.25) is 4.79 Å². The largest absolute Gasteiger partial charge is 0.387 e. The van der Waals surface area contributed by atoms with Gasteiger partial charge in [-0.15, -0.1) is 0 Å². The van der Waals surface area contributed by atoms with E-state index in [4.69, 9.17) is 16.7 Å². The zero-order valence-electron chi connectivity index (χ0n) is 19.9. The van der Waals surface area contributed by atoms with Crippen molar-refractivity contribution in [3.63, 3.8) is 0 Å². The molecular weight excluding hydrogens is 454 g/mol. The SMILES string of the molecule is CN(C)C1CCN(c2ccc(Nc3ncc(Cl)c(NC4CCN(C(=O)CO)CC4)n3)cc2)CC1. The first-order valence-corrected chi connectivity index (χ1v) is 12.3. The first kappa shape index (κ1) is 24.5. The van der Waals surface area contributed by atoms with E-state index < -0.39 is 6.61 Å². The van der Waals surface area contributed by atoms with Crippen LogP contribution >= 0.6 is 11.6 Å². The number of benzene rings is 1. The van der Waals surface area contributed by atoms with Gasteiger partial charge in [-0.05, 0) is 64.0 Å². The van der Waals surface area contributed by atoms with E-state index in [1.54, 1.807) is 11.1 Å². The summed E-state index contributed by atoms with van der Waals surface area (Å²) < 4.78 is 0. The van der Waals surface area contributed by atoms with E-state index in [9.17, 15) is 4.79 Å². The molecule has 2 saturated heterocycles. The van der Waals surface area contributed by atoms with Gasteiger partial charge < -0.3 is 30.4 Å². The molecule has 2 fully saturated rings. The van der Waals surface area contributed by atoms with Crippen molar-refractivity contribution in [3.05, 3.63) is 35.5 Å². The van der Waals surface area contributed by atoms with Crippen molar-refractivity contribution in [2.45, 2.75) is 37.8 Å². The van der Waals surface area contributed by atoms with Crippen LogP contribution in [-0.4, -0.2) is 89.7 Å². The van der Waals surface area contributed by atoms with Gasteiger partial charge in [0.1, 0.15) is 11.6 Å². The molecule has 4 rings (SSSR count). The van der Waals surface area contributed by atoms with Crippen LogP contribution in [0.2, 0.25) is 5.02 Å². The maximum Gasteiger partial charge on any atom is 0.248 e. The highest BCUT2D eigenvalue weighted by molar-refractivity contribution is 6.32. The summed E-state index contributed by atoms with van der Waals surface area (Å²) in [5.41, 5.74) is 2.14. The lowest BCUT2D eigenvalue weighted by atomic mass is 10.0. The third-order valence-corrected chi connectivity index (χ3v) is 7.03. The predicted octanol–water partition coefficient (Wildman–Crippen LogP) is 2.80. The normalized spacial score (nSPS) is 17.8. The molecule has 34 heavy (non-hydrogen) atoms. The summed E-state index contributed by atoms with van der Waals surface area (Å²) in [4.78, 5) is 27.0. The number of nitrogens with zero attached hydrogens (tertiary/aromatic N) is 5. The molecule has 2 aliphatic rings. The summed E-state index contributed by atoms with van der Waals surface area (Å²) in [5, 5.41) is 16.1. The van der Waals surface area contributed by atoms with Crippen molar-refractivity contribution in [2.75, 3.05) is 62.4 Å². The van der Waals surface area contributed by atoms with Gasteiger partial charge in [0.15, 0.2) is 5.82 Å². The van der Waals surface area contributed by atoms with Crippen LogP contribution < -0.4 is 15.5 Å². The molecule has 0 radical (unpaired) electrons. The summed E-state index contributed by atoms with van der Waals surface area (Å²) in [6.07, 6.45) is 5.48. The number of hydrogen-bond donors (Lipinski definition) is 3. The standard InChI is InChI=1S/C24H34ClN7O2/c1-30(2)19-9-13-31(14-10-19)20-5-3-17(4-6-20)28-24-26-15-21(25)23(29-24)27-18-7-11-32(12-8-18)22(34)16-33/h3-6,15,18-19,33H,7-14,16H2,1-2H3,(H2,26,27,28,29). The molecule has 0 bridgehead atoms. The van der Waals surface area contributed by atoms with Crippen LogP contribution in [0.3, 0.4) is 0 Å². The van der Waals surface area contributed by atoms with Crippen LogP contribution in [0.5, 0.6) is 0 Å². The number of aliphatic hydroxyl groups is 1. The highest BCUT2D eigenvalue weighted by atomic mass is 35.5. The number of halogens is 1. The van der Waals surface area contributed by atoms with Crippen molar-refractivity contribution >= 4 is 40.6 Å². The fourth-order valence-electron chi connectivity index (χ4n) is 4.62. The number of carbonyl (C=O) groups is 1. The van der Waals surface area contributed by atoms with Crippen LogP contribution in [0.4, 0.5) is 23.1 Å². The zero-order valence-corrected chi connectivity index (χ0v) is 20.6.